The zero-order chi connectivity index (χ0) is 14.8. The molecule has 1 saturated heterocycles. The summed E-state index contributed by atoms with van der Waals surface area (Å²) in [5.74, 6) is 0.693. The van der Waals surface area contributed by atoms with E-state index in [1.54, 1.807) is 0 Å². The first-order valence-corrected chi connectivity index (χ1v) is 8.93. The summed E-state index contributed by atoms with van der Waals surface area (Å²) in [5.41, 5.74) is 0.260. The Hall–Kier alpha value is -0.380. The Kier molecular flexibility index (Phi) is 5.27. The highest BCUT2D eigenvalue weighted by Gasteiger charge is 2.39. The molecule has 0 aromatic carbocycles. The molecule has 0 amide bonds. The second-order valence-electron chi connectivity index (χ2n) is 6.72. The Balaban J connectivity index is 2.26. The first-order chi connectivity index (χ1) is 9.50. The summed E-state index contributed by atoms with van der Waals surface area (Å²) in [6.07, 6.45) is 2.39. The quantitative estimate of drug-likeness (QED) is 0.871. The maximum Gasteiger partial charge on any atom is 0.0443 e. The van der Waals surface area contributed by atoms with Crippen molar-refractivity contribution in [2.75, 3.05) is 13.1 Å². The van der Waals surface area contributed by atoms with Gasteiger partial charge in [-0.2, -0.15) is 0 Å². The molecule has 0 radical (unpaired) electrons. The normalized spacial score (nSPS) is 29.8. The average molecular weight is 295 g/mol. The standard InChI is InChI=1S/C17H30N2S/c1-6-14(16-9-8-10-20-16)19-12-17(5,7-2)18-11-15(19)13(3)4/h8-10,13-15,18H,6-7,11-12H2,1-5H3. The molecule has 0 spiro atoms. The lowest BCUT2D eigenvalue weighted by Gasteiger charge is -2.50. The summed E-state index contributed by atoms with van der Waals surface area (Å²) < 4.78 is 0. The van der Waals surface area contributed by atoms with Crippen molar-refractivity contribution in [1.82, 2.24) is 10.2 Å². The number of nitrogens with one attached hydrogen (secondary N) is 1. The molecule has 1 fully saturated rings. The van der Waals surface area contributed by atoms with E-state index in [0.717, 1.165) is 13.1 Å². The van der Waals surface area contributed by atoms with Crippen molar-refractivity contribution < 1.29 is 0 Å². The van der Waals surface area contributed by atoms with E-state index in [1.165, 1.54) is 17.7 Å². The third kappa shape index (κ3) is 3.26. The predicted octanol–water partition coefficient (Wildman–Crippen LogP) is 4.30. The fourth-order valence-corrected chi connectivity index (χ4v) is 4.25. The minimum Gasteiger partial charge on any atom is -0.309 e. The van der Waals surface area contributed by atoms with Gasteiger partial charge in [0.25, 0.3) is 0 Å². The van der Waals surface area contributed by atoms with Crippen LogP contribution in [0.3, 0.4) is 0 Å². The van der Waals surface area contributed by atoms with E-state index in [1.807, 2.05) is 11.3 Å². The van der Waals surface area contributed by atoms with E-state index >= 15 is 0 Å². The highest BCUT2D eigenvalue weighted by Crippen LogP contribution is 2.35. The fourth-order valence-electron chi connectivity index (χ4n) is 3.32. The molecule has 20 heavy (non-hydrogen) atoms. The lowest BCUT2D eigenvalue weighted by molar-refractivity contribution is 0.0233. The third-order valence-electron chi connectivity index (χ3n) is 4.90. The van der Waals surface area contributed by atoms with Crippen molar-refractivity contribution in [3.8, 4) is 0 Å². The molecule has 1 aliphatic rings. The van der Waals surface area contributed by atoms with Gasteiger partial charge in [0.1, 0.15) is 0 Å². The Morgan fingerprint density at radius 2 is 2.20 bits per heavy atom. The minimum absolute atomic E-state index is 0.260. The molecule has 0 saturated carbocycles. The molecule has 3 atom stereocenters. The van der Waals surface area contributed by atoms with Gasteiger partial charge in [0.05, 0.1) is 0 Å². The molecule has 0 bridgehead atoms. The number of nitrogens with zero attached hydrogens (tertiary/aromatic N) is 1. The van der Waals surface area contributed by atoms with Crippen LogP contribution < -0.4 is 5.32 Å². The number of rotatable bonds is 5. The molecule has 114 valence electrons. The van der Waals surface area contributed by atoms with Crippen molar-refractivity contribution in [3.05, 3.63) is 22.4 Å². The molecular weight excluding hydrogens is 264 g/mol. The molecule has 2 rings (SSSR count). The van der Waals surface area contributed by atoms with Gasteiger partial charge in [0.2, 0.25) is 0 Å². The van der Waals surface area contributed by atoms with Gasteiger partial charge in [0.15, 0.2) is 0 Å². The van der Waals surface area contributed by atoms with Crippen LogP contribution in [-0.4, -0.2) is 29.6 Å². The van der Waals surface area contributed by atoms with E-state index in [0.29, 0.717) is 18.0 Å². The molecule has 1 N–H and O–H groups in total. The van der Waals surface area contributed by atoms with Crippen LogP contribution in [0.25, 0.3) is 0 Å². The summed E-state index contributed by atoms with van der Waals surface area (Å²) in [4.78, 5) is 4.30. The average Bonchev–Trinajstić information content (AvgIpc) is 2.93. The van der Waals surface area contributed by atoms with Gasteiger partial charge in [-0.3, -0.25) is 4.90 Å². The Morgan fingerprint density at radius 1 is 1.45 bits per heavy atom. The Bertz CT molecular complexity index is 401. The van der Waals surface area contributed by atoms with Crippen molar-refractivity contribution in [1.29, 1.82) is 0 Å². The summed E-state index contributed by atoms with van der Waals surface area (Å²) in [7, 11) is 0. The largest absolute Gasteiger partial charge is 0.309 e. The molecule has 3 unspecified atom stereocenters. The predicted molar refractivity (Wildman–Crippen MR) is 89.4 cm³/mol. The monoisotopic (exact) mass is 294 g/mol. The zero-order valence-corrected chi connectivity index (χ0v) is 14.5. The summed E-state index contributed by atoms with van der Waals surface area (Å²) >= 11 is 1.91. The molecule has 0 aliphatic carbocycles. The van der Waals surface area contributed by atoms with Crippen LogP contribution in [0.1, 0.15) is 58.4 Å². The van der Waals surface area contributed by atoms with Crippen LogP contribution in [0.15, 0.2) is 17.5 Å². The third-order valence-corrected chi connectivity index (χ3v) is 5.88. The van der Waals surface area contributed by atoms with Gasteiger partial charge in [-0.05, 0) is 37.1 Å². The topological polar surface area (TPSA) is 15.3 Å². The van der Waals surface area contributed by atoms with Gasteiger partial charge in [-0.15, -0.1) is 11.3 Å². The van der Waals surface area contributed by atoms with E-state index in [9.17, 15) is 0 Å². The van der Waals surface area contributed by atoms with Crippen LogP contribution in [0.5, 0.6) is 0 Å². The van der Waals surface area contributed by atoms with Crippen LogP contribution in [0.4, 0.5) is 0 Å². The van der Waals surface area contributed by atoms with Gasteiger partial charge >= 0.3 is 0 Å². The van der Waals surface area contributed by atoms with E-state index < -0.39 is 0 Å². The van der Waals surface area contributed by atoms with Gasteiger partial charge in [-0.1, -0.05) is 33.8 Å². The molecule has 3 heteroatoms. The van der Waals surface area contributed by atoms with Crippen LogP contribution in [-0.2, 0) is 0 Å². The summed E-state index contributed by atoms with van der Waals surface area (Å²) in [6, 6.07) is 5.72. The number of hydrogen-bond acceptors (Lipinski definition) is 3. The van der Waals surface area contributed by atoms with Crippen molar-refractivity contribution in [3.63, 3.8) is 0 Å². The Labute approximate surface area is 128 Å². The molecular formula is C17H30N2S. The van der Waals surface area contributed by atoms with Crippen molar-refractivity contribution >= 4 is 11.3 Å². The van der Waals surface area contributed by atoms with Crippen LogP contribution >= 0.6 is 11.3 Å². The maximum atomic E-state index is 3.79. The lowest BCUT2D eigenvalue weighted by Crippen LogP contribution is -2.64. The van der Waals surface area contributed by atoms with E-state index in [-0.39, 0.29) is 5.54 Å². The van der Waals surface area contributed by atoms with Crippen molar-refractivity contribution in [2.45, 2.75) is 65.1 Å². The van der Waals surface area contributed by atoms with Gasteiger partial charge < -0.3 is 5.32 Å². The van der Waals surface area contributed by atoms with Crippen LogP contribution in [0.2, 0.25) is 0 Å². The van der Waals surface area contributed by atoms with E-state index in [4.69, 9.17) is 0 Å². The number of piperazine rings is 1. The minimum atomic E-state index is 0.260. The number of hydrogen-bond donors (Lipinski definition) is 1. The van der Waals surface area contributed by atoms with Crippen molar-refractivity contribution in [2.24, 2.45) is 5.92 Å². The molecule has 2 nitrogen and oxygen atoms in total. The number of thiophene rings is 1. The SMILES string of the molecule is CCC(c1cccs1)N1CC(C)(CC)NCC1C(C)C. The lowest BCUT2D eigenvalue weighted by atomic mass is 9.88. The molecule has 1 aliphatic heterocycles. The summed E-state index contributed by atoms with van der Waals surface area (Å²) in [6.45, 7) is 14.0. The highest BCUT2D eigenvalue weighted by atomic mass is 32.1. The molecule has 1 aromatic heterocycles. The van der Waals surface area contributed by atoms with Gasteiger partial charge in [0, 0.05) is 35.6 Å². The van der Waals surface area contributed by atoms with Crippen LogP contribution in [0, 0.1) is 5.92 Å². The highest BCUT2D eigenvalue weighted by molar-refractivity contribution is 7.10. The van der Waals surface area contributed by atoms with Gasteiger partial charge in [-0.25, -0.2) is 0 Å². The summed E-state index contributed by atoms with van der Waals surface area (Å²) in [5, 5.41) is 6.00. The first-order valence-electron chi connectivity index (χ1n) is 8.05. The maximum absolute atomic E-state index is 3.79. The smallest absolute Gasteiger partial charge is 0.0443 e. The molecule has 2 heterocycles. The zero-order valence-electron chi connectivity index (χ0n) is 13.6. The molecule has 1 aromatic rings. The second-order valence-corrected chi connectivity index (χ2v) is 7.70. The van der Waals surface area contributed by atoms with E-state index in [2.05, 4.69) is 62.3 Å². The Morgan fingerprint density at radius 3 is 2.70 bits per heavy atom. The fraction of sp³-hybridized carbons (Fsp3) is 0.765. The first kappa shape index (κ1) is 16.0. The second kappa shape index (κ2) is 6.59.